The Labute approximate surface area is 99.4 Å². The smallest absolute Gasteiger partial charge is 0.316 e. The van der Waals surface area contributed by atoms with Crippen LogP contribution in [-0.2, 0) is 9.53 Å². The number of hydrogen-bond donors (Lipinski definition) is 0. The SMILES string of the molecule is CCOC(=O)C(CC)C(=O)c1cscc1C. The molecule has 16 heavy (non-hydrogen) atoms. The number of ether oxygens (including phenoxy) is 1. The molecule has 1 atom stereocenters. The van der Waals surface area contributed by atoms with Crippen LogP contribution in [0.5, 0.6) is 0 Å². The molecular formula is C12H16O3S. The van der Waals surface area contributed by atoms with Gasteiger partial charge in [0.1, 0.15) is 5.92 Å². The van der Waals surface area contributed by atoms with Gasteiger partial charge < -0.3 is 4.74 Å². The zero-order valence-corrected chi connectivity index (χ0v) is 10.6. The van der Waals surface area contributed by atoms with Crippen molar-refractivity contribution in [1.82, 2.24) is 0 Å². The van der Waals surface area contributed by atoms with Crippen LogP contribution >= 0.6 is 11.3 Å². The molecule has 0 aliphatic heterocycles. The summed E-state index contributed by atoms with van der Waals surface area (Å²) in [7, 11) is 0. The fourth-order valence-electron chi connectivity index (χ4n) is 1.50. The second-order valence-corrected chi connectivity index (χ2v) is 4.29. The number of aryl methyl sites for hydroxylation is 1. The van der Waals surface area contributed by atoms with E-state index in [9.17, 15) is 9.59 Å². The van der Waals surface area contributed by atoms with Crippen molar-refractivity contribution in [2.24, 2.45) is 5.92 Å². The van der Waals surface area contributed by atoms with Crippen molar-refractivity contribution in [3.05, 3.63) is 21.9 Å². The Balaban J connectivity index is 2.86. The second kappa shape index (κ2) is 5.80. The minimum atomic E-state index is -0.659. The van der Waals surface area contributed by atoms with E-state index in [2.05, 4.69) is 0 Å². The van der Waals surface area contributed by atoms with Crippen LogP contribution in [0.3, 0.4) is 0 Å². The molecule has 88 valence electrons. The number of thiophene rings is 1. The van der Waals surface area contributed by atoms with Gasteiger partial charge >= 0.3 is 5.97 Å². The predicted octanol–water partition coefficient (Wildman–Crippen LogP) is 2.83. The summed E-state index contributed by atoms with van der Waals surface area (Å²) in [5.74, 6) is -1.20. The molecule has 1 rings (SSSR count). The lowest BCUT2D eigenvalue weighted by Crippen LogP contribution is -2.25. The van der Waals surface area contributed by atoms with Gasteiger partial charge in [-0.2, -0.15) is 11.3 Å². The molecule has 3 nitrogen and oxygen atoms in total. The molecule has 0 N–H and O–H groups in total. The van der Waals surface area contributed by atoms with Gasteiger partial charge in [-0.1, -0.05) is 6.92 Å². The molecule has 0 bridgehead atoms. The van der Waals surface area contributed by atoms with Crippen molar-refractivity contribution in [1.29, 1.82) is 0 Å². The molecule has 4 heteroatoms. The first-order valence-corrected chi connectivity index (χ1v) is 6.29. The number of rotatable bonds is 5. The fraction of sp³-hybridized carbons (Fsp3) is 0.500. The minimum Gasteiger partial charge on any atom is -0.465 e. The highest BCUT2D eigenvalue weighted by molar-refractivity contribution is 7.08. The van der Waals surface area contributed by atoms with Gasteiger partial charge in [-0.15, -0.1) is 0 Å². The maximum Gasteiger partial charge on any atom is 0.316 e. The Bertz CT molecular complexity index is 381. The monoisotopic (exact) mass is 240 g/mol. The normalized spacial score (nSPS) is 12.2. The standard InChI is InChI=1S/C12H16O3S/c1-4-9(12(14)15-5-2)11(13)10-7-16-6-8(10)3/h6-7,9H,4-5H2,1-3H3. The van der Waals surface area contributed by atoms with E-state index in [4.69, 9.17) is 4.74 Å². The van der Waals surface area contributed by atoms with Crippen LogP contribution in [0.15, 0.2) is 10.8 Å². The first kappa shape index (κ1) is 12.9. The summed E-state index contributed by atoms with van der Waals surface area (Å²) in [5.41, 5.74) is 1.57. The second-order valence-electron chi connectivity index (χ2n) is 3.55. The van der Waals surface area contributed by atoms with Crippen molar-refractivity contribution in [3.63, 3.8) is 0 Å². The van der Waals surface area contributed by atoms with Crippen LogP contribution in [0, 0.1) is 12.8 Å². The van der Waals surface area contributed by atoms with Gasteiger partial charge in [-0.25, -0.2) is 0 Å². The Kier molecular flexibility index (Phi) is 4.68. The maximum atomic E-state index is 12.1. The predicted molar refractivity (Wildman–Crippen MR) is 63.8 cm³/mol. The summed E-state index contributed by atoms with van der Waals surface area (Å²) in [6.45, 7) is 5.75. The topological polar surface area (TPSA) is 43.4 Å². The lowest BCUT2D eigenvalue weighted by atomic mass is 9.95. The van der Waals surface area contributed by atoms with E-state index in [1.54, 1.807) is 12.3 Å². The van der Waals surface area contributed by atoms with Crippen LogP contribution in [-0.4, -0.2) is 18.4 Å². The van der Waals surface area contributed by atoms with Crippen LogP contribution in [0.1, 0.15) is 36.2 Å². The summed E-state index contributed by atoms with van der Waals surface area (Å²) < 4.78 is 4.90. The molecule has 0 saturated heterocycles. The Morgan fingerprint density at radius 3 is 2.50 bits per heavy atom. The van der Waals surface area contributed by atoms with Gasteiger partial charge in [0.25, 0.3) is 0 Å². The quantitative estimate of drug-likeness (QED) is 0.451. The van der Waals surface area contributed by atoms with Gasteiger partial charge in [-0.3, -0.25) is 9.59 Å². The number of carbonyl (C=O) groups excluding carboxylic acids is 2. The molecule has 0 radical (unpaired) electrons. The van der Waals surface area contributed by atoms with Crippen LogP contribution in [0.25, 0.3) is 0 Å². The van der Waals surface area contributed by atoms with E-state index < -0.39 is 11.9 Å². The van der Waals surface area contributed by atoms with Gasteiger partial charge in [0, 0.05) is 10.9 Å². The molecule has 1 aromatic heterocycles. The van der Waals surface area contributed by atoms with Gasteiger partial charge in [-0.05, 0) is 31.2 Å². The Morgan fingerprint density at radius 2 is 2.06 bits per heavy atom. The summed E-state index contributed by atoms with van der Waals surface area (Å²) in [6, 6.07) is 0. The lowest BCUT2D eigenvalue weighted by molar-refractivity contribution is -0.146. The zero-order valence-electron chi connectivity index (χ0n) is 9.78. The van der Waals surface area contributed by atoms with E-state index in [-0.39, 0.29) is 5.78 Å². The molecule has 1 heterocycles. The average Bonchev–Trinajstić information content (AvgIpc) is 2.65. The third-order valence-corrected chi connectivity index (χ3v) is 3.28. The Morgan fingerprint density at radius 1 is 1.38 bits per heavy atom. The van der Waals surface area contributed by atoms with Crippen molar-refractivity contribution >= 4 is 23.1 Å². The Hall–Kier alpha value is -1.16. The summed E-state index contributed by atoms with van der Waals surface area (Å²) in [5, 5.41) is 3.70. The highest BCUT2D eigenvalue weighted by Gasteiger charge is 2.28. The van der Waals surface area contributed by atoms with Crippen molar-refractivity contribution in [3.8, 4) is 0 Å². The van der Waals surface area contributed by atoms with E-state index >= 15 is 0 Å². The molecule has 0 aromatic carbocycles. The van der Waals surface area contributed by atoms with E-state index in [1.807, 2.05) is 19.2 Å². The highest BCUT2D eigenvalue weighted by Crippen LogP contribution is 2.20. The van der Waals surface area contributed by atoms with Crippen LogP contribution in [0.2, 0.25) is 0 Å². The minimum absolute atomic E-state index is 0.125. The largest absolute Gasteiger partial charge is 0.465 e. The molecule has 0 saturated carbocycles. The summed E-state index contributed by atoms with van der Waals surface area (Å²) >= 11 is 1.47. The number of carbonyl (C=O) groups is 2. The molecule has 0 fully saturated rings. The first-order chi connectivity index (χ1) is 7.61. The zero-order chi connectivity index (χ0) is 12.1. The highest BCUT2D eigenvalue weighted by atomic mass is 32.1. The molecule has 1 aromatic rings. The molecule has 1 unspecified atom stereocenters. The van der Waals surface area contributed by atoms with Crippen molar-refractivity contribution in [2.75, 3.05) is 6.61 Å². The van der Waals surface area contributed by atoms with E-state index in [0.29, 0.717) is 18.6 Å². The number of ketones is 1. The van der Waals surface area contributed by atoms with Gasteiger partial charge in [0.05, 0.1) is 6.61 Å². The van der Waals surface area contributed by atoms with Gasteiger partial charge in [0.15, 0.2) is 5.78 Å². The van der Waals surface area contributed by atoms with Gasteiger partial charge in [0.2, 0.25) is 0 Å². The fourth-order valence-corrected chi connectivity index (χ4v) is 2.34. The number of esters is 1. The number of hydrogen-bond acceptors (Lipinski definition) is 4. The van der Waals surface area contributed by atoms with Crippen LogP contribution < -0.4 is 0 Å². The average molecular weight is 240 g/mol. The van der Waals surface area contributed by atoms with Crippen molar-refractivity contribution in [2.45, 2.75) is 27.2 Å². The maximum absolute atomic E-state index is 12.1. The third kappa shape index (κ3) is 2.70. The van der Waals surface area contributed by atoms with Crippen molar-refractivity contribution < 1.29 is 14.3 Å². The summed E-state index contributed by atoms with van der Waals surface area (Å²) in [4.78, 5) is 23.7. The lowest BCUT2D eigenvalue weighted by Gasteiger charge is -2.12. The number of Topliss-reactive ketones (excluding diaryl/α,β-unsaturated/α-hetero) is 1. The molecule has 0 spiro atoms. The first-order valence-electron chi connectivity index (χ1n) is 5.35. The molecular weight excluding hydrogens is 224 g/mol. The van der Waals surface area contributed by atoms with E-state index in [1.165, 1.54) is 11.3 Å². The molecule has 0 aliphatic carbocycles. The molecule has 0 amide bonds. The molecule has 0 aliphatic rings. The van der Waals surface area contributed by atoms with Crippen LogP contribution in [0.4, 0.5) is 0 Å². The van der Waals surface area contributed by atoms with E-state index in [0.717, 1.165) is 5.56 Å². The summed E-state index contributed by atoms with van der Waals surface area (Å²) in [6.07, 6.45) is 0.479. The third-order valence-electron chi connectivity index (χ3n) is 2.42.